The van der Waals surface area contributed by atoms with Crippen molar-refractivity contribution in [3.63, 3.8) is 0 Å². The van der Waals surface area contributed by atoms with Crippen LogP contribution in [0.25, 0.3) is 11.0 Å². The van der Waals surface area contributed by atoms with E-state index in [1.165, 1.54) is 5.56 Å². The average molecular weight is 400 g/mol. The molecule has 0 atom stereocenters. The number of imidazole rings is 1. The molecule has 6 nitrogen and oxygen atoms in total. The molecule has 4 aromatic rings. The molecule has 0 saturated carbocycles. The minimum atomic E-state index is 0.0763. The fourth-order valence-electron chi connectivity index (χ4n) is 3.24. The van der Waals surface area contributed by atoms with Gasteiger partial charge in [-0.2, -0.15) is 0 Å². The zero-order chi connectivity index (χ0) is 21.3. The monoisotopic (exact) mass is 400 g/mol. The number of nitrogens with zero attached hydrogens (tertiary/aromatic N) is 3. The highest BCUT2D eigenvalue weighted by Gasteiger charge is 2.15. The van der Waals surface area contributed by atoms with Gasteiger partial charge in [0, 0.05) is 31.1 Å². The molecule has 0 amide bonds. The van der Waals surface area contributed by atoms with Crippen LogP contribution in [0.4, 0.5) is 11.6 Å². The summed E-state index contributed by atoms with van der Waals surface area (Å²) < 4.78 is 7.89. The number of carbonyl (C=O) groups is 1. The van der Waals surface area contributed by atoms with Gasteiger partial charge in [0.25, 0.3) is 0 Å². The molecule has 30 heavy (non-hydrogen) atoms. The van der Waals surface area contributed by atoms with Crippen LogP contribution in [0.3, 0.4) is 0 Å². The van der Waals surface area contributed by atoms with Crippen molar-refractivity contribution in [1.82, 2.24) is 14.5 Å². The van der Waals surface area contributed by atoms with Crippen molar-refractivity contribution >= 4 is 29.0 Å². The molecule has 4 rings (SSSR count). The Morgan fingerprint density at radius 2 is 1.83 bits per heavy atom. The Morgan fingerprint density at radius 1 is 1.03 bits per heavy atom. The van der Waals surface area contributed by atoms with Gasteiger partial charge in [-0.25, -0.2) is 4.98 Å². The van der Waals surface area contributed by atoms with Gasteiger partial charge < -0.3 is 14.6 Å². The van der Waals surface area contributed by atoms with Crippen LogP contribution in [0.5, 0.6) is 11.5 Å². The molecule has 0 fully saturated rings. The van der Waals surface area contributed by atoms with E-state index in [0.717, 1.165) is 22.7 Å². The van der Waals surface area contributed by atoms with Crippen LogP contribution < -0.4 is 10.1 Å². The highest BCUT2D eigenvalue weighted by molar-refractivity contribution is 5.81. The predicted molar refractivity (Wildman–Crippen MR) is 119 cm³/mol. The van der Waals surface area contributed by atoms with Gasteiger partial charge in [0.15, 0.2) is 6.29 Å². The highest BCUT2D eigenvalue weighted by Crippen LogP contribution is 2.29. The van der Waals surface area contributed by atoms with E-state index in [0.29, 0.717) is 23.5 Å². The second-order valence-electron chi connectivity index (χ2n) is 8.24. The summed E-state index contributed by atoms with van der Waals surface area (Å²) in [6.07, 6.45) is 2.24. The third-order valence-electron chi connectivity index (χ3n) is 4.95. The summed E-state index contributed by atoms with van der Waals surface area (Å²) in [6, 6.07) is 17.4. The molecule has 0 bridgehead atoms. The minimum absolute atomic E-state index is 0.0763. The first-order valence-corrected chi connectivity index (χ1v) is 9.76. The fraction of sp³-hybridized carbons (Fsp3) is 0.208. The van der Waals surface area contributed by atoms with Crippen molar-refractivity contribution in [2.24, 2.45) is 7.05 Å². The lowest BCUT2D eigenvalue weighted by Crippen LogP contribution is -2.11. The van der Waals surface area contributed by atoms with Gasteiger partial charge in [-0.15, -0.1) is 0 Å². The summed E-state index contributed by atoms with van der Waals surface area (Å²) in [5, 5.41) is 3.42. The number of anilines is 2. The Bertz CT molecular complexity index is 1220. The molecule has 0 spiro atoms. The van der Waals surface area contributed by atoms with Crippen molar-refractivity contribution in [2.75, 3.05) is 5.32 Å². The Kier molecular flexibility index (Phi) is 4.99. The maximum Gasteiger partial charge on any atom is 0.208 e. The third kappa shape index (κ3) is 4.03. The zero-order valence-electron chi connectivity index (χ0n) is 17.5. The zero-order valence-corrected chi connectivity index (χ0v) is 17.5. The van der Waals surface area contributed by atoms with Gasteiger partial charge in [0.1, 0.15) is 17.2 Å². The van der Waals surface area contributed by atoms with Crippen molar-refractivity contribution < 1.29 is 9.53 Å². The maximum absolute atomic E-state index is 10.9. The lowest BCUT2D eigenvalue weighted by atomic mass is 9.87. The maximum atomic E-state index is 10.9. The van der Waals surface area contributed by atoms with E-state index in [2.05, 4.69) is 49.3 Å². The molecule has 0 aliphatic heterocycles. The first-order chi connectivity index (χ1) is 14.3. The average Bonchev–Trinajstić information content (AvgIpc) is 3.02. The van der Waals surface area contributed by atoms with Gasteiger partial charge >= 0.3 is 0 Å². The Morgan fingerprint density at radius 3 is 2.60 bits per heavy atom. The Balaban J connectivity index is 1.62. The number of rotatable bonds is 5. The first-order valence-electron chi connectivity index (χ1n) is 9.76. The molecular formula is C24H24N4O2. The molecule has 0 radical (unpaired) electrons. The predicted octanol–water partition coefficient (Wildman–Crippen LogP) is 5.61. The van der Waals surface area contributed by atoms with Crippen LogP contribution in [0, 0.1) is 0 Å². The number of carbonyl (C=O) groups excluding carboxylic acids is 1. The number of aromatic nitrogens is 3. The summed E-state index contributed by atoms with van der Waals surface area (Å²) in [6.45, 7) is 6.59. The van der Waals surface area contributed by atoms with E-state index < -0.39 is 0 Å². The molecule has 152 valence electrons. The lowest BCUT2D eigenvalue weighted by Gasteiger charge is -2.20. The van der Waals surface area contributed by atoms with Crippen LogP contribution in [0.2, 0.25) is 0 Å². The summed E-state index contributed by atoms with van der Waals surface area (Å²) in [7, 11) is 1.98. The first kappa shape index (κ1) is 19.6. The van der Waals surface area contributed by atoms with Crippen molar-refractivity contribution in [3.05, 3.63) is 72.1 Å². The van der Waals surface area contributed by atoms with Crippen LogP contribution in [0.1, 0.15) is 36.8 Å². The van der Waals surface area contributed by atoms with E-state index in [1.54, 1.807) is 18.3 Å². The van der Waals surface area contributed by atoms with E-state index >= 15 is 0 Å². The highest BCUT2D eigenvalue weighted by atomic mass is 16.5. The summed E-state index contributed by atoms with van der Waals surface area (Å²) in [5.41, 5.74) is 4.46. The standard InChI is InChI=1S/C24H24N4O2/c1-24(2,3)16-6-5-7-17(12-16)26-23-27-21-14-19(8-9-22(21)28(23)4)30-20-10-11-25-18(13-20)15-29/h5-15H,1-4H3,(H,26,27). The number of nitrogens with one attached hydrogen (secondary N) is 1. The number of hydrogen-bond acceptors (Lipinski definition) is 5. The molecular weight excluding hydrogens is 376 g/mol. The number of hydrogen-bond donors (Lipinski definition) is 1. The molecule has 0 saturated heterocycles. The van der Waals surface area contributed by atoms with Crippen molar-refractivity contribution in [3.8, 4) is 11.5 Å². The number of pyridine rings is 1. The van der Waals surface area contributed by atoms with Crippen LogP contribution >= 0.6 is 0 Å². The molecule has 6 heteroatoms. The number of fused-ring (bicyclic) bond motifs is 1. The van der Waals surface area contributed by atoms with Crippen LogP contribution in [0.15, 0.2) is 60.8 Å². The normalized spacial score (nSPS) is 11.5. The number of aryl methyl sites for hydroxylation is 1. The quantitative estimate of drug-likeness (QED) is 0.441. The Labute approximate surface area is 175 Å². The lowest BCUT2D eigenvalue weighted by molar-refractivity contribution is 0.111. The topological polar surface area (TPSA) is 69.0 Å². The smallest absolute Gasteiger partial charge is 0.208 e. The Hall–Kier alpha value is -3.67. The second kappa shape index (κ2) is 7.63. The SMILES string of the molecule is Cn1c(Nc2cccc(C(C)(C)C)c2)nc2cc(Oc3ccnc(C=O)c3)ccc21. The fourth-order valence-corrected chi connectivity index (χ4v) is 3.24. The molecule has 0 aliphatic rings. The van der Waals surface area contributed by atoms with Gasteiger partial charge in [-0.3, -0.25) is 9.78 Å². The van der Waals surface area contributed by atoms with Gasteiger partial charge in [-0.05, 0) is 41.3 Å². The largest absolute Gasteiger partial charge is 0.457 e. The van der Waals surface area contributed by atoms with E-state index in [4.69, 9.17) is 9.72 Å². The molecule has 2 aromatic carbocycles. The van der Waals surface area contributed by atoms with Crippen molar-refractivity contribution in [1.29, 1.82) is 0 Å². The van der Waals surface area contributed by atoms with Gasteiger partial charge in [0.2, 0.25) is 5.95 Å². The molecule has 1 N–H and O–H groups in total. The van der Waals surface area contributed by atoms with Crippen molar-refractivity contribution in [2.45, 2.75) is 26.2 Å². The molecule has 2 aromatic heterocycles. The van der Waals surface area contributed by atoms with E-state index in [-0.39, 0.29) is 5.41 Å². The molecule has 0 unspecified atom stereocenters. The van der Waals surface area contributed by atoms with Crippen LogP contribution in [-0.4, -0.2) is 20.8 Å². The summed E-state index contributed by atoms with van der Waals surface area (Å²) >= 11 is 0. The molecule has 2 heterocycles. The van der Waals surface area contributed by atoms with Crippen LogP contribution in [-0.2, 0) is 12.5 Å². The minimum Gasteiger partial charge on any atom is -0.457 e. The third-order valence-corrected chi connectivity index (χ3v) is 4.95. The molecule has 0 aliphatic carbocycles. The van der Waals surface area contributed by atoms with E-state index in [1.807, 2.05) is 35.9 Å². The van der Waals surface area contributed by atoms with E-state index in [9.17, 15) is 4.79 Å². The van der Waals surface area contributed by atoms with Gasteiger partial charge in [0.05, 0.1) is 11.0 Å². The number of ether oxygens (including phenoxy) is 1. The summed E-state index contributed by atoms with van der Waals surface area (Å²) in [5.74, 6) is 1.95. The number of aldehydes is 1. The summed E-state index contributed by atoms with van der Waals surface area (Å²) in [4.78, 5) is 19.6. The van der Waals surface area contributed by atoms with Gasteiger partial charge in [-0.1, -0.05) is 32.9 Å². The number of benzene rings is 2. The second-order valence-corrected chi connectivity index (χ2v) is 8.24.